The zero-order valence-corrected chi connectivity index (χ0v) is 25.2. The Morgan fingerprint density at radius 3 is 2.29 bits per heavy atom. The number of ketones is 1. The Bertz CT molecular complexity index is 1450. The lowest BCUT2D eigenvalue weighted by atomic mass is 9.76. The molecule has 3 aromatic rings. The number of fused-ring (bicyclic) bond motifs is 3. The molecule has 9 heteroatoms. The van der Waals surface area contributed by atoms with Gasteiger partial charge >= 0.3 is 0 Å². The minimum atomic E-state index is -0.459. The van der Waals surface area contributed by atoms with E-state index in [1.54, 1.807) is 6.20 Å². The smallest absolute Gasteiger partial charge is 0.272 e. The van der Waals surface area contributed by atoms with Gasteiger partial charge in [0.05, 0.1) is 47.8 Å². The standard InChI is InChI=1S/C33H41N5O4/c1-20-16-36(17-21(2)42-20)23-10-11-28(34-15-23)32(41)38-19-24-13-25(38)18-37(24)31(40)26(33(3,4)5)14-30(39)29-12-22-8-6-7-9-27(22)35-29/h6-12,15,20-21,24-26,35H,13-14,16-19H2,1-5H3/t20?,21?,24-,25-,26+/m0/s1. The Hall–Kier alpha value is -3.72. The van der Waals surface area contributed by atoms with Crippen molar-refractivity contribution in [3.63, 3.8) is 0 Å². The van der Waals surface area contributed by atoms with Gasteiger partial charge in [-0.05, 0) is 49.9 Å². The number of carbonyl (C=O) groups is 3. The van der Waals surface area contributed by atoms with Crippen LogP contribution >= 0.6 is 0 Å². The minimum Gasteiger partial charge on any atom is -0.372 e. The second kappa shape index (κ2) is 10.8. The molecule has 3 fully saturated rings. The Labute approximate surface area is 247 Å². The molecule has 2 bridgehead atoms. The molecule has 9 nitrogen and oxygen atoms in total. The molecule has 5 atom stereocenters. The quantitative estimate of drug-likeness (QED) is 0.437. The predicted molar refractivity (Wildman–Crippen MR) is 162 cm³/mol. The number of nitrogens with zero attached hydrogens (tertiary/aromatic N) is 4. The molecule has 6 rings (SSSR count). The zero-order chi connectivity index (χ0) is 29.8. The summed E-state index contributed by atoms with van der Waals surface area (Å²) in [4.78, 5) is 54.5. The SMILES string of the molecule is CC1CN(c2ccc(C(=O)N3C[C@@H]4C[C@H]3CN4C(=O)[C@@H](CC(=O)c3cc4ccccc4[nH]3)C(C)(C)C)nc2)CC(C)O1. The Kier molecular flexibility index (Phi) is 7.33. The summed E-state index contributed by atoms with van der Waals surface area (Å²) in [7, 11) is 0. The van der Waals surface area contributed by atoms with Crippen molar-refractivity contribution in [2.45, 2.75) is 71.8 Å². The molecule has 0 radical (unpaired) electrons. The van der Waals surface area contributed by atoms with Gasteiger partial charge in [0, 0.05) is 43.5 Å². The summed E-state index contributed by atoms with van der Waals surface area (Å²) in [6.45, 7) is 12.8. The van der Waals surface area contributed by atoms with Crippen molar-refractivity contribution in [3.05, 3.63) is 60.0 Å². The highest BCUT2D eigenvalue weighted by Crippen LogP contribution is 2.38. The summed E-state index contributed by atoms with van der Waals surface area (Å²) in [5, 5.41) is 0.982. The number of carbonyl (C=O) groups excluding carboxylic acids is 3. The number of pyridine rings is 1. The first-order chi connectivity index (χ1) is 20.0. The maximum Gasteiger partial charge on any atom is 0.272 e. The number of para-hydroxylation sites is 1. The van der Waals surface area contributed by atoms with Crippen LogP contribution in [-0.2, 0) is 9.53 Å². The maximum absolute atomic E-state index is 13.9. The fourth-order valence-electron chi connectivity index (χ4n) is 6.90. The predicted octanol–water partition coefficient (Wildman–Crippen LogP) is 4.54. The van der Waals surface area contributed by atoms with Crippen LogP contribution in [-0.4, -0.2) is 87.8 Å². The van der Waals surface area contributed by atoms with Crippen LogP contribution in [0.5, 0.6) is 0 Å². The van der Waals surface area contributed by atoms with E-state index in [2.05, 4.69) is 28.7 Å². The highest BCUT2D eigenvalue weighted by atomic mass is 16.5. The number of aromatic nitrogens is 2. The van der Waals surface area contributed by atoms with E-state index in [0.29, 0.717) is 24.5 Å². The lowest BCUT2D eigenvalue weighted by molar-refractivity contribution is -0.141. The second-order valence-electron chi connectivity index (χ2n) is 13.4. The molecule has 2 aromatic heterocycles. The number of anilines is 1. The van der Waals surface area contributed by atoms with E-state index >= 15 is 0 Å². The summed E-state index contributed by atoms with van der Waals surface area (Å²) in [5.41, 5.74) is 2.47. The van der Waals surface area contributed by atoms with Crippen LogP contribution in [0, 0.1) is 11.3 Å². The molecular weight excluding hydrogens is 530 g/mol. The normalized spacial score (nSPS) is 24.8. The van der Waals surface area contributed by atoms with Crippen molar-refractivity contribution >= 4 is 34.2 Å². The number of hydrogen-bond acceptors (Lipinski definition) is 6. The summed E-state index contributed by atoms with van der Waals surface area (Å²) < 4.78 is 5.84. The van der Waals surface area contributed by atoms with Crippen LogP contribution in [0.1, 0.15) is 68.4 Å². The average molecular weight is 572 g/mol. The monoisotopic (exact) mass is 571 g/mol. The molecule has 2 amide bonds. The van der Waals surface area contributed by atoms with E-state index in [1.807, 2.05) is 73.0 Å². The number of H-pyrrole nitrogens is 1. The molecule has 0 aliphatic carbocycles. The van der Waals surface area contributed by atoms with Crippen molar-refractivity contribution in [1.29, 1.82) is 0 Å². The number of morpholine rings is 1. The first-order valence-corrected chi connectivity index (χ1v) is 15.1. The van der Waals surface area contributed by atoms with Crippen LogP contribution in [0.15, 0.2) is 48.7 Å². The molecule has 222 valence electrons. The highest BCUT2D eigenvalue weighted by molar-refractivity contribution is 6.01. The van der Waals surface area contributed by atoms with Gasteiger partial charge in [-0.25, -0.2) is 4.98 Å². The van der Waals surface area contributed by atoms with E-state index in [9.17, 15) is 14.4 Å². The number of benzene rings is 1. The molecule has 1 aromatic carbocycles. The summed E-state index contributed by atoms with van der Waals surface area (Å²) in [5.74, 6) is -0.606. The molecule has 3 saturated heterocycles. The van der Waals surface area contributed by atoms with Crippen molar-refractivity contribution in [3.8, 4) is 0 Å². The topological polar surface area (TPSA) is 98.8 Å². The van der Waals surface area contributed by atoms with Gasteiger partial charge in [-0.15, -0.1) is 0 Å². The largest absolute Gasteiger partial charge is 0.372 e. The third-order valence-corrected chi connectivity index (χ3v) is 9.10. The number of likely N-dealkylation sites (tertiary alicyclic amines) is 2. The molecule has 2 unspecified atom stereocenters. The van der Waals surface area contributed by atoms with Gasteiger partial charge in [0.15, 0.2) is 5.78 Å². The summed E-state index contributed by atoms with van der Waals surface area (Å²) >= 11 is 0. The van der Waals surface area contributed by atoms with Crippen LogP contribution in [0.25, 0.3) is 10.9 Å². The van der Waals surface area contributed by atoms with Gasteiger partial charge in [0.1, 0.15) is 5.69 Å². The van der Waals surface area contributed by atoms with Gasteiger partial charge in [-0.2, -0.15) is 0 Å². The Morgan fingerprint density at radius 2 is 1.67 bits per heavy atom. The first kappa shape index (κ1) is 28.4. The maximum atomic E-state index is 13.9. The number of nitrogens with one attached hydrogen (secondary N) is 1. The molecular formula is C33H41N5O4. The number of aromatic amines is 1. The number of Topliss-reactive ketones (excluding diaryl/α,β-unsaturated/α-hetero) is 1. The number of rotatable bonds is 6. The molecule has 42 heavy (non-hydrogen) atoms. The number of amides is 2. The third kappa shape index (κ3) is 5.42. The van der Waals surface area contributed by atoms with E-state index < -0.39 is 11.3 Å². The van der Waals surface area contributed by atoms with Gasteiger partial charge in [-0.3, -0.25) is 14.4 Å². The molecule has 0 saturated carbocycles. The Morgan fingerprint density at radius 1 is 0.976 bits per heavy atom. The van der Waals surface area contributed by atoms with Gasteiger partial charge in [0.25, 0.3) is 5.91 Å². The van der Waals surface area contributed by atoms with Crippen LogP contribution in [0.3, 0.4) is 0 Å². The van der Waals surface area contributed by atoms with Gasteiger partial charge in [-0.1, -0.05) is 39.0 Å². The molecule has 3 aliphatic heterocycles. The van der Waals surface area contributed by atoms with Crippen molar-refractivity contribution in [1.82, 2.24) is 19.8 Å². The first-order valence-electron chi connectivity index (χ1n) is 15.1. The van der Waals surface area contributed by atoms with Crippen LogP contribution < -0.4 is 4.90 Å². The fourth-order valence-corrected chi connectivity index (χ4v) is 6.90. The van der Waals surface area contributed by atoms with Crippen molar-refractivity contribution in [2.75, 3.05) is 31.1 Å². The highest BCUT2D eigenvalue weighted by Gasteiger charge is 2.50. The number of ether oxygens (including phenoxy) is 1. The average Bonchev–Trinajstić information content (AvgIpc) is 3.68. The van der Waals surface area contributed by atoms with E-state index in [4.69, 9.17) is 4.74 Å². The molecule has 5 heterocycles. The molecule has 1 N–H and O–H groups in total. The summed E-state index contributed by atoms with van der Waals surface area (Å²) in [6, 6.07) is 13.3. The number of piperazine rings is 1. The second-order valence-corrected chi connectivity index (χ2v) is 13.4. The van der Waals surface area contributed by atoms with Gasteiger partial charge < -0.3 is 24.4 Å². The third-order valence-electron chi connectivity index (χ3n) is 9.10. The van der Waals surface area contributed by atoms with Crippen molar-refractivity contribution < 1.29 is 19.1 Å². The Balaban J connectivity index is 1.10. The van der Waals surface area contributed by atoms with Crippen molar-refractivity contribution in [2.24, 2.45) is 11.3 Å². The zero-order valence-electron chi connectivity index (χ0n) is 25.2. The lowest BCUT2D eigenvalue weighted by Crippen LogP contribution is -2.53. The van der Waals surface area contributed by atoms with E-state index in [-0.39, 0.29) is 48.3 Å². The fraction of sp³-hybridized carbons (Fsp3) is 0.515. The van der Waals surface area contributed by atoms with Crippen LogP contribution in [0.4, 0.5) is 5.69 Å². The van der Waals surface area contributed by atoms with Crippen LogP contribution in [0.2, 0.25) is 0 Å². The minimum absolute atomic E-state index is 0.00278. The van der Waals surface area contributed by atoms with E-state index in [1.165, 1.54) is 0 Å². The lowest BCUT2D eigenvalue weighted by Gasteiger charge is -2.39. The summed E-state index contributed by atoms with van der Waals surface area (Å²) in [6.07, 6.45) is 2.96. The van der Waals surface area contributed by atoms with E-state index in [0.717, 1.165) is 36.1 Å². The molecule has 3 aliphatic rings. The van der Waals surface area contributed by atoms with Gasteiger partial charge in [0.2, 0.25) is 5.91 Å². The molecule has 0 spiro atoms. The number of hydrogen-bond donors (Lipinski definition) is 1.